The number of ether oxygens (including phenoxy) is 1. The smallest absolute Gasteiger partial charge is 0.356 e. The molecule has 76 valence electrons. The molecule has 0 aliphatic heterocycles. The molecule has 1 aromatic rings. The maximum Gasteiger partial charge on any atom is 0.356 e. The Balaban J connectivity index is 2.88. The van der Waals surface area contributed by atoms with Gasteiger partial charge in [-0.05, 0) is 19.1 Å². The lowest BCUT2D eigenvalue weighted by molar-refractivity contribution is 0.0519. The number of carbonyl (C=O) groups excluding carboxylic acids is 1. The summed E-state index contributed by atoms with van der Waals surface area (Å²) in [5, 5.41) is 0. The van der Waals surface area contributed by atoms with Gasteiger partial charge in [0.15, 0.2) is 0 Å². The fraction of sp³-hybridized carbons (Fsp3) is 0.333. The number of hydrogen-bond donors (Lipinski definition) is 0. The molecule has 1 heterocycles. The maximum absolute atomic E-state index is 12.2. The number of hydrogen-bond acceptors (Lipinski definition) is 3. The Morgan fingerprint density at radius 3 is 2.93 bits per heavy atom. The van der Waals surface area contributed by atoms with Crippen molar-refractivity contribution in [2.75, 3.05) is 6.61 Å². The van der Waals surface area contributed by atoms with Crippen molar-refractivity contribution in [2.24, 2.45) is 0 Å². The predicted molar refractivity (Wildman–Crippen MR) is 45.2 cm³/mol. The highest BCUT2D eigenvalue weighted by molar-refractivity contribution is 5.87. The monoisotopic (exact) mass is 201 g/mol. The van der Waals surface area contributed by atoms with Gasteiger partial charge >= 0.3 is 5.97 Å². The third-order valence-corrected chi connectivity index (χ3v) is 1.52. The van der Waals surface area contributed by atoms with E-state index in [2.05, 4.69) is 9.72 Å². The highest BCUT2D eigenvalue weighted by Gasteiger charge is 2.12. The number of alkyl halides is 2. The molecule has 0 radical (unpaired) electrons. The summed E-state index contributed by atoms with van der Waals surface area (Å²) in [6, 6.07) is 2.19. The summed E-state index contributed by atoms with van der Waals surface area (Å²) in [7, 11) is 0. The van der Waals surface area contributed by atoms with Crippen LogP contribution in [0.3, 0.4) is 0 Å². The Kier molecular flexibility index (Phi) is 3.50. The average molecular weight is 201 g/mol. The molecule has 0 aromatic carbocycles. The van der Waals surface area contributed by atoms with Gasteiger partial charge in [-0.25, -0.2) is 18.6 Å². The summed E-state index contributed by atoms with van der Waals surface area (Å²) in [5.41, 5.74) is -0.326. The van der Waals surface area contributed by atoms with E-state index in [9.17, 15) is 13.6 Å². The van der Waals surface area contributed by atoms with Crippen LogP contribution >= 0.6 is 0 Å². The molecule has 0 fully saturated rings. The zero-order valence-corrected chi connectivity index (χ0v) is 7.54. The molecule has 0 aliphatic carbocycles. The maximum atomic E-state index is 12.2. The van der Waals surface area contributed by atoms with Crippen molar-refractivity contribution in [2.45, 2.75) is 13.3 Å². The van der Waals surface area contributed by atoms with Crippen LogP contribution in [0.4, 0.5) is 8.78 Å². The molecule has 0 saturated heterocycles. The molecule has 3 nitrogen and oxygen atoms in total. The molecule has 0 saturated carbocycles. The first-order chi connectivity index (χ1) is 6.65. The lowest BCUT2D eigenvalue weighted by Gasteiger charge is -2.02. The minimum atomic E-state index is -2.61. The van der Waals surface area contributed by atoms with E-state index in [1.807, 2.05) is 0 Å². The first-order valence-electron chi connectivity index (χ1n) is 4.06. The van der Waals surface area contributed by atoms with Crippen molar-refractivity contribution in [3.8, 4) is 0 Å². The van der Waals surface area contributed by atoms with Crippen molar-refractivity contribution in [3.63, 3.8) is 0 Å². The lowest BCUT2D eigenvalue weighted by Crippen LogP contribution is -2.07. The number of halogens is 2. The highest BCUT2D eigenvalue weighted by Crippen LogP contribution is 2.18. The van der Waals surface area contributed by atoms with Gasteiger partial charge in [0.1, 0.15) is 5.69 Å². The van der Waals surface area contributed by atoms with Crippen molar-refractivity contribution in [1.82, 2.24) is 4.98 Å². The largest absolute Gasteiger partial charge is 0.461 e. The normalized spacial score (nSPS) is 10.3. The minimum absolute atomic E-state index is 0.0929. The first kappa shape index (κ1) is 10.6. The third kappa shape index (κ3) is 2.48. The van der Waals surface area contributed by atoms with E-state index in [4.69, 9.17) is 0 Å². The quantitative estimate of drug-likeness (QED) is 0.703. The van der Waals surface area contributed by atoms with E-state index in [0.717, 1.165) is 18.3 Å². The van der Waals surface area contributed by atoms with Gasteiger partial charge < -0.3 is 4.74 Å². The molecule has 0 atom stereocenters. The van der Waals surface area contributed by atoms with Gasteiger partial charge in [0.2, 0.25) is 0 Å². The molecule has 0 unspecified atom stereocenters. The second kappa shape index (κ2) is 4.64. The molecule has 5 heteroatoms. The summed E-state index contributed by atoms with van der Waals surface area (Å²) < 4.78 is 29.0. The summed E-state index contributed by atoms with van der Waals surface area (Å²) in [4.78, 5) is 14.7. The Bertz CT molecular complexity index is 328. The summed E-state index contributed by atoms with van der Waals surface area (Å²) in [6.07, 6.45) is -1.44. The van der Waals surface area contributed by atoms with Crippen molar-refractivity contribution in [1.29, 1.82) is 0 Å². The molecular formula is C9H9F2NO2. The summed E-state index contributed by atoms with van der Waals surface area (Å²) in [5.74, 6) is -0.685. The fourth-order valence-electron chi connectivity index (χ4n) is 0.899. The van der Waals surface area contributed by atoms with Crippen LogP contribution in [0.5, 0.6) is 0 Å². The van der Waals surface area contributed by atoms with E-state index in [1.165, 1.54) is 0 Å². The molecule has 0 N–H and O–H groups in total. The Hall–Kier alpha value is -1.52. The SMILES string of the molecule is CCOC(=O)c1cc(C(F)F)ccn1. The molecule has 14 heavy (non-hydrogen) atoms. The van der Waals surface area contributed by atoms with Crippen molar-refractivity contribution >= 4 is 5.97 Å². The molecule has 0 spiro atoms. The number of esters is 1. The van der Waals surface area contributed by atoms with Gasteiger partial charge in [-0.3, -0.25) is 0 Å². The number of pyridine rings is 1. The second-order valence-electron chi connectivity index (χ2n) is 2.50. The van der Waals surface area contributed by atoms with E-state index in [1.54, 1.807) is 6.92 Å². The standard InChI is InChI=1S/C9H9F2NO2/c1-2-14-9(13)7-5-6(8(10)11)3-4-12-7/h3-5,8H,2H2,1H3. The van der Waals surface area contributed by atoms with E-state index in [0.29, 0.717) is 0 Å². The van der Waals surface area contributed by atoms with Crippen LogP contribution in [0.15, 0.2) is 18.3 Å². The van der Waals surface area contributed by atoms with Gasteiger partial charge in [-0.1, -0.05) is 0 Å². The molecular weight excluding hydrogens is 192 g/mol. The second-order valence-corrected chi connectivity index (χ2v) is 2.50. The Labute approximate surface area is 79.7 Å². The lowest BCUT2D eigenvalue weighted by atomic mass is 10.2. The third-order valence-electron chi connectivity index (χ3n) is 1.52. The minimum Gasteiger partial charge on any atom is -0.461 e. The van der Waals surface area contributed by atoms with Crippen LogP contribution in [0, 0.1) is 0 Å². The Morgan fingerprint density at radius 1 is 1.64 bits per heavy atom. The van der Waals surface area contributed by atoms with Gasteiger partial charge in [-0.2, -0.15) is 0 Å². The molecule has 1 rings (SSSR count). The van der Waals surface area contributed by atoms with Gasteiger partial charge in [0.25, 0.3) is 6.43 Å². The molecule has 1 aromatic heterocycles. The van der Waals surface area contributed by atoms with Crippen LogP contribution < -0.4 is 0 Å². The summed E-state index contributed by atoms with van der Waals surface area (Å²) in [6.45, 7) is 1.83. The van der Waals surface area contributed by atoms with Crippen molar-refractivity contribution in [3.05, 3.63) is 29.6 Å². The Morgan fingerprint density at radius 2 is 2.36 bits per heavy atom. The van der Waals surface area contributed by atoms with Crippen LogP contribution in [0.1, 0.15) is 29.4 Å². The average Bonchev–Trinajstić information content (AvgIpc) is 2.18. The van der Waals surface area contributed by atoms with E-state index < -0.39 is 12.4 Å². The van der Waals surface area contributed by atoms with Gasteiger partial charge in [0, 0.05) is 11.8 Å². The molecule has 0 aliphatic rings. The zero-order valence-electron chi connectivity index (χ0n) is 7.54. The van der Waals surface area contributed by atoms with Crippen LogP contribution in [0.25, 0.3) is 0 Å². The van der Waals surface area contributed by atoms with Crippen LogP contribution in [0.2, 0.25) is 0 Å². The number of rotatable bonds is 3. The van der Waals surface area contributed by atoms with E-state index >= 15 is 0 Å². The summed E-state index contributed by atoms with van der Waals surface area (Å²) >= 11 is 0. The van der Waals surface area contributed by atoms with E-state index in [-0.39, 0.29) is 17.9 Å². The fourth-order valence-corrected chi connectivity index (χ4v) is 0.899. The molecule has 0 amide bonds. The topological polar surface area (TPSA) is 39.2 Å². The van der Waals surface area contributed by atoms with Crippen LogP contribution in [-0.4, -0.2) is 17.6 Å². The van der Waals surface area contributed by atoms with Crippen LogP contribution in [-0.2, 0) is 4.74 Å². The predicted octanol–water partition coefficient (Wildman–Crippen LogP) is 2.20. The number of aromatic nitrogens is 1. The van der Waals surface area contributed by atoms with Crippen molar-refractivity contribution < 1.29 is 18.3 Å². The van der Waals surface area contributed by atoms with Gasteiger partial charge in [-0.15, -0.1) is 0 Å². The first-order valence-corrected chi connectivity index (χ1v) is 4.06. The molecule has 0 bridgehead atoms. The highest BCUT2D eigenvalue weighted by atomic mass is 19.3. The van der Waals surface area contributed by atoms with Gasteiger partial charge in [0.05, 0.1) is 6.61 Å². The number of carbonyl (C=O) groups is 1. The zero-order chi connectivity index (χ0) is 10.6. The number of nitrogens with zero attached hydrogens (tertiary/aromatic N) is 1.